The fraction of sp³-hybridized carbons (Fsp3) is 0. The molecule has 0 amide bonds. The molecule has 0 aliphatic carbocycles. The van der Waals surface area contributed by atoms with E-state index in [1.165, 1.54) is 0 Å². The minimum absolute atomic E-state index is 0. The van der Waals surface area contributed by atoms with E-state index in [-0.39, 0.29) is 87.6 Å². The van der Waals surface area contributed by atoms with Gasteiger partial charge in [-0.3, -0.25) is 18.8 Å². The third-order valence-electron chi connectivity index (χ3n) is 0. The summed E-state index contributed by atoms with van der Waals surface area (Å²) < 4.78 is 0. The van der Waals surface area contributed by atoms with Crippen LogP contribution < -0.4 is 0 Å². The molecule has 0 heterocycles. The van der Waals surface area contributed by atoms with E-state index in [9.17, 15) is 0 Å². The Balaban J connectivity index is 0. The molecule has 6 heteroatoms. The average molecular weight is 150 g/mol. The van der Waals surface area contributed by atoms with Crippen LogP contribution in [0.3, 0.4) is 0 Å². The summed E-state index contributed by atoms with van der Waals surface area (Å²) in [6.07, 6.45) is 0. The SMILES string of the molecule is F.F.F.F.[AlH3].[KH]. The number of hydrogen-bond acceptors (Lipinski definition) is 0. The second-order valence-electron chi connectivity index (χ2n) is 0. The standard InChI is InChI=1S/Al.4FH.K.4H/h;4*1H;;;;;. The van der Waals surface area contributed by atoms with E-state index in [0.717, 1.165) is 0 Å². The van der Waals surface area contributed by atoms with Gasteiger partial charge in [0.15, 0.2) is 17.4 Å². The molecule has 6 heavy (non-hydrogen) atoms. The van der Waals surface area contributed by atoms with E-state index in [0.29, 0.717) is 0 Å². The Morgan fingerprint density at radius 2 is 0.500 bits per heavy atom. The normalized spacial score (nSPS) is 0. The average Bonchev–Trinajstić information content (AvgIpc) is 0. The molecule has 0 aromatic rings. The summed E-state index contributed by atoms with van der Waals surface area (Å²) in [5.74, 6) is 0. The molecule has 0 fully saturated rings. The van der Waals surface area contributed by atoms with E-state index >= 15 is 0 Å². The summed E-state index contributed by atoms with van der Waals surface area (Å²) in [5.41, 5.74) is 0. The molecule has 0 atom stereocenters. The van der Waals surface area contributed by atoms with Gasteiger partial charge in [-0.15, -0.1) is 0 Å². The molecule has 0 unspecified atom stereocenters. The summed E-state index contributed by atoms with van der Waals surface area (Å²) >= 11 is 0. The van der Waals surface area contributed by atoms with Crippen molar-refractivity contribution in [2.24, 2.45) is 0 Å². The van der Waals surface area contributed by atoms with Gasteiger partial charge >= 0.3 is 51.4 Å². The van der Waals surface area contributed by atoms with Crippen molar-refractivity contribution in [1.82, 2.24) is 0 Å². The van der Waals surface area contributed by atoms with Crippen LogP contribution >= 0.6 is 0 Å². The van der Waals surface area contributed by atoms with Gasteiger partial charge < -0.3 is 0 Å². The van der Waals surface area contributed by atoms with Gasteiger partial charge in [-0.25, -0.2) is 0 Å². The first-order valence-corrected chi connectivity index (χ1v) is 0. The maximum absolute atomic E-state index is 0. The van der Waals surface area contributed by atoms with Crippen LogP contribution in [-0.4, -0.2) is 68.7 Å². The predicted octanol–water partition coefficient (Wildman–Crippen LogP) is -1.22. The molecule has 0 rings (SSSR count). The Morgan fingerprint density at radius 3 is 0.500 bits per heavy atom. The third kappa shape index (κ3) is 39.5. The summed E-state index contributed by atoms with van der Waals surface area (Å²) in [4.78, 5) is 0. The molecule has 0 aliphatic rings. The van der Waals surface area contributed by atoms with Crippen LogP contribution in [0.25, 0.3) is 0 Å². The van der Waals surface area contributed by atoms with Crippen LogP contribution in [0.2, 0.25) is 0 Å². The predicted molar refractivity (Wildman–Crippen MR) is 27.1 cm³/mol. The first kappa shape index (κ1) is 105. The molecular weight excluding hydrogens is 142 g/mol. The van der Waals surface area contributed by atoms with Crippen molar-refractivity contribution < 1.29 is 18.8 Å². The van der Waals surface area contributed by atoms with Crippen molar-refractivity contribution in [3.63, 3.8) is 0 Å². The van der Waals surface area contributed by atoms with Gasteiger partial charge in [0, 0.05) is 0 Å². The van der Waals surface area contributed by atoms with Crippen LogP contribution in [-0.2, 0) is 0 Å². The quantitative estimate of drug-likeness (QED) is 0.300. The second-order valence-corrected chi connectivity index (χ2v) is 0. The van der Waals surface area contributed by atoms with Gasteiger partial charge in [0.2, 0.25) is 0 Å². The Morgan fingerprint density at radius 1 is 0.500 bits per heavy atom. The summed E-state index contributed by atoms with van der Waals surface area (Å²) in [6.45, 7) is 0. The van der Waals surface area contributed by atoms with E-state index in [1.807, 2.05) is 0 Å². The fourth-order valence-corrected chi connectivity index (χ4v) is 0. The zero-order valence-electron chi connectivity index (χ0n) is 1.63. The minimum atomic E-state index is 0. The van der Waals surface area contributed by atoms with Crippen LogP contribution in [0.4, 0.5) is 18.8 Å². The Hall–Kier alpha value is 1.89. The second kappa shape index (κ2) is 67.0. The van der Waals surface area contributed by atoms with E-state index < -0.39 is 0 Å². The molecule has 0 bridgehead atoms. The van der Waals surface area contributed by atoms with E-state index in [2.05, 4.69) is 0 Å². The van der Waals surface area contributed by atoms with Crippen molar-refractivity contribution in [2.45, 2.75) is 0 Å². The monoisotopic (exact) mass is 150 g/mol. The molecular formula is H8AlF4K. The van der Waals surface area contributed by atoms with Gasteiger partial charge in [-0.2, -0.15) is 0 Å². The van der Waals surface area contributed by atoms with Gasteiger partial charge in [-0.05, 0) is 0 Å². The third-order valence-corrected chi connectivity index (χ3v) is 0. The van der Waals surface area contributed by atoms with Gasteiger partial charge in [0.1, 0.15) is 0 Å². The van der Waals surface area contributed by atoms with E-state index in [4.69, 9.17) is 0 Å². The van der Waals surface area contributed by atoms with Gasteiger partial charge in [-0.1, -0.05) is 0 Å². The molecule has 0 nitrogen and oxygen atoms in total. The molecule has 0 N–H and O–H groups in total. The molecule has 0 aromatic heterocycles. The Labute approximate surface area is 86.1 Å². The molecule has 0 aliphatic heterocycles. The van der Waals surface area contributed by atoms with Gasteiger partial charge in [0.05, 0.1) is 0 Å². The van der Waals surface area contributed by atoms with Crippen molar-refractivity contribution >= 4 is 68.7 Å². The van der Waals surface area contributed by atoms with Crippen LogP contribution in [0.5, 0.6) is 0 Å². The molecule has 0 spiro atoms. The Bertz CT molecular complexity index is 7.51. The molecule has 40 valence electrons. The van der Waals surface area contributed by atoms with E-state index in [1.54, 1.807) is 0 Å². The summed E-state index contributed by atoms with van der Waals surface area (Å²) in [6, 6.07) is 0. The summed E-state index contributed by atoms with van der Waals surface area (Å²) in [5, 5.41) is 0. The maximum atomic E-state index is 0. The first-order chi connectivity index (χ1) is 0. The van der Waals surface area contributed by atoms with Gasteiger partial charge in [0.25, 0.3) is 0 Å². The first-order valence-electron chi connectivity index (χ1n) is 0. The topological polar surface area (TPSA) is 0 Å². The zero-order valence-corrected chi connectivity index (χ0v) is 1.63. The molecule has 0 saturated heterocycles. The number of halogens is 4. The zero-order chi connectivity index (χ0) is 0. The fourth-order valence-electron chi connectivity index (χ4n) is 0. The van der Waals surface area contributed by atoms with Crippen LogP contribution in [0, 0.1) is 0 Å². The number of rotatable bonds is 0. The van der Waals surface area contributed by atoms with Crippen molar-refractivity contribution in [1.29, 1.82) is 0 Å². The number of hydrogen-bond donors (Lipinski definition) is 0. The van der Waals surface area contributed by atoms with Crippen molar-refractivity contribution in [3.8, 4) is 0 Å². The molecule has 0 radical (unpaired) electrons. The van der Waals surface area contributed by atoms with Crippen molar-refractivity contribution in [3.05, 3.63) is 0 Å². The molecule has 0 aromatic carbocycles. The molecule has 0 saturated carbocycles. The summed E-state index contributed by atoms with van der Waals surface area (Å²) in [7, 11) is 0. The van der Waals surface area contributed by atoms with Crippen molar-refractivity contribution in [2.75, 3.05) is 0 Å². The van der Waals surface area contributed by atoms with Crippen LogP contribution in [0.1, 0.15) is 0 Å². The Kier molecular flexibility index (Phi) is 1170. The van der Waals surface area contributed by atoms with Crippen LogP contribution in [0.15, 0.2) is 0 Å².